The molecular formula is C14H14N2O3S2. The molecule has 0 radical (unpaired) electrons. The summed E-state index contributed by atoms with van der Waals surface area (Å²) in [4.78, 5) is 22.3. The van der Waals surface area contributed by atoms with E-state index < -0.39 is 0 Å². The van der Waals surface area contributed by atoms with Gasteiger partial charge in [0.2, 0.25) is 0 Å². The van der Waals surface area contributed by atoms with Gasteiger partial charge in [0, 0.05) is 5.56 Å². The van der Waals surface area contributed by atoms with E-state index in [9.17, 15) is 4.79 Å². The van der Waals surface area contributed by atoms with Crippen LogP contribution in [0.1, 0.15) is 15.2 Å². The number of anilines is 1. The lowest BCUT2D eigenvalue weighted by Crippen LogP contribution is -2.34. The molecule has 0 saturated heterocycles. The van der Waals surface area contributed by atoms with Gasteiger partial charge in [-0.05, 0) is 35.8 Å². The van der Waals surface area contributed by atoms with E-state index in [0.29, 0.717) is 12.2 Å². The molecule has 0 fully saturated rings. The molecule has 0 aliphatic carbocycles. The number of hydrogen-bond donors (Lipinski definition) is 2. The van der Waals surface area contributed by atoms with Crippen molar-refractivity contribution in [3.63, 3.8) is 0 Å². The molecule has 110 valence electrons. The summed E-state index contributed by atoms with van der Waals surface area (Å²) in [6.07, 6.45) is 0. The van der Waals surface area contributed by atoms with Crippen molar-refractivity contribution in [2.45, 2.75) is 6.61 Å². The highest BCUT2D eigenvalue weighted by Crippen LogP contribution is 2.23. The minimum atomic E-state index is -0.252. The summed E-state index contributed by atoms with van der Waals surface area (Å²) >= 11 is 6.65. The van der Waals surface area contributed by atoms with Gasteiger partial charge in [0.25, 0.3) is 5.91 Å². The summed E-state index contributed by atoms with van der Waals surface area (Å²) in [6.45, 7) is 0.311. The van der Waals surface area contributed by atoms with Crippen LogP contribution >= 0.6 is 23.6 Å². The smallest absolute Gasteiger partial charge is 0.257 e. The van der Waals surface area contributed by atoms with E-state index in [4.69, 9.17) is 17.1 Å². The Morgan fingerprint density at radius 1 is 1.29 bits per heavy atom. The maximum Gasteiger partial charge on any atom is 0.257 e. The van der Waals surface area contributed by atoms with E-state index in [-0.39, 0.29) is 11.0 Å². The highest BCUT2D eigenvalue weighted by atomic mass is 32.1. The molecule has 1 aromatic carbocycles. The van der Waals surface area contributed by atoms with Crippen molar-refractivity contribution in [3.05, 3.63) is 52.2 Å². The first-order valence-electron chi connectivity index (χ1n) is 6.10. The highest BCUT2D eigenvalue weighted by molar-refractivity contribution is 7.80. The van der Waals surface area contributed by atoms with Gasteiger partial charge in [-0.3, -0.25) is 10.1 Å². The molecule has 2 N–H and O–H groups in total. The number of benzene rings is 1. The Bertz CT molecular complexity index is 614. The fraction of sp³-hybridized carbons (Fsp3) is 0.143. The Balaban J connectivity index is 1.93. The molecule has 0 unspecified atom stereocenters. The third-order valence-corrected chi connectivity index (χ3v) is 3.66. The summed E-state index contributed by atoms with van der Waals surface area (Å²) in [5.41, 5.74) is 1.34. The lowest BCUT2D eigenvalue weighted by molar-refractivity contribution is -0.281. The molecule has 1 amide bonds. The zero-order valence-corrected chi connectivity index (χ0v) is 12.9. The maximum atomic E-state index is 12.0. The average Bonchev–Trinajstić information content (AvgIpc) is 2.93. The van der Waals surface area contributed by atoms with E-state index in [1.165, 1.54) is 18.4 Å². The average molecular weight is 322 g/mol. The van der Waals surface area contributed by atoms with Crippen LogP contribution in [-0.2, 0) is 16.4 Å². The molecule has 7 heteroatoms. The topological polar surface area (TPSA) is 59.6 Å². The molecule has 2 aromatic rings. The third-order valence-electron chi connectivity index (χ3n) is 2.56. The Hall–Kier alpha value is -1.80. The van der Waals surface area contributed by atoms with Gasteiger partial charge in [-0.2, -0.15) is 0 Å². The van der Waals surface area contributed by atoms with Crippen LogP contribution in [0.25, 0.3) is 0 Å². The summed E-state index contributed by atoms with van der Waals surface area (Å²) in [5.74, 6) is -0.252. The van der Waals surface area contributed by atoms with Crippen LogP contribution in [0.4, 0.5) is 5.69 Å². The first kappa shape index (κ1) is 15.6. The number of nitrogens with one attached hydrogen (secondary N) is 2. The number of thiophene rings is 1. The Morgan fingerprint density at radius 3 is 2.76 bits per heavy atom. The number of carbonyl (C=O) groups excluding carboxylic acids is 1. The van der Waals surface area contributed by atoms with Gasteiger partial charge in [0.15, 0.2) is 5.11 Å². The predicted octanol–water partition coefficient (Wildman–Crippen LogP) is 2.95. The molecule has 0 aliphatic heterocycles. The van der Waals surface area contributed by atoms with E-state index >= 15 is 0 Å². The van der Waals surface area contributed by atoms with Crippen LogP contribution < -0.4 is 10.6 Å². The largest absolute Gasteiger partial charge is 0.331 e. The van der Waals surface area contributed by atoms with Gasteiger partial charge in [0.1, 0.15) is 6.61 Å². The number of thiocarbonyl (C=S) groups is 1. The summed E-state index contributed by atoms with van der Waals surface area (Å²) in [6, 6.07) is 10.7. The van der Waals surface area contributed by atoms with Crippen LogP contribution in [-0.4, -0.2) is 18.1 Å². The number of carbonyl (C=O) groups is 1. The molecule has 1 aromatic heterocycles. The standard InChI is InChI=1S/C14H14N2O3S2/c1-18-19-9-12-11(7-8-21-12)15-14(20)16-13(17)10-5-3-2-4-6-10/h2-8H,9H2,1H3,(H2,15,16,17,20). The quantitative estimate of drug-likeness (QED) is 0.503. The molecule has 0 aliphatic rings. The second kappa shape index (κ2) is 7.84. The van der Waals surface area contributed by atoms with Crippen LogP contribution in [0.15, 0.2) is 41.8 Å². The van der Waals surface area contributed by atoms with Crippen LogP contribution in [0.2, 0.25) is 0 Å². The van der Waals surface area contributed by atoms with Gasteiger partial charge < -0.3 is 5.32 Å². The molecule has 2 rings (SSSR count). The Kier molecular flexibility index (Phi) is 5.82. The Labute approximate surface area is 131 Å². The number of rotatable bonds is 5. The van der Waals surface area contributed by atoms with Gasteiger partial charge in [-0.1, -0.05) is 18.2 Å². The molecule has 21 heavy (non-hydrogen) atoms. The molecule has 0 bridgehead atoms. The minimum Gasteiger partial charge on any atom is -0.331 e. The van der Waals surface area contributed by atoms with Crippen molar-refractivity contribution >= 4 is 40.3 Å². The van der Waals surface area contributed by atoms with Crippen LogP contribution in [0, 0.1) is 0 Å². The van der Waals surface area contributed by atoms with Crippen LogP contribution in [0.5, 0.6) is 0 Å². The lowest BCUT2D eigenvalue weighted by Gasteiger charge is -2.10. The molecule has 1 heterocycles. The maximum absolute atomic E-state index is 12.0. The second-order valence-corrected chi connectivity index (χ2v) is 5.37. The summed E-state index contributed by atoms with van der Waals surface area (Å²) < 4.78 is 0. The highest BCUT2D eigenvalue weighted by Gasteiger charge is 2.10. The van der Waals surface area contributed by atoms with Crippen LogP contribution in [0.3, 0.4) is 0 Å². The molecule has 0 atom stereocenters. The van der Waals surface area contributed by atoms with E-state index in [1.807, 2.05) is 17.5 Å². The lowest BCUT2D eigenvalue weighted by atomic mass is 10.2. The van der Waals surface area contributed by atoms with Crippen molar-refractivity contribution < 1.29 is 14.6 Å². The fourth-order valence-electron chi connectivity index (χ4n) is 1.59. The molecular weight excluding hydrogens is 308 g/mol. The summed E-state index contributed by atoms with van der Waals surface area (Å²) in [5, 5.41) is 7.74. The molecule has 0 saturated carbocycles. The van der Waals surface area contributed by atoms with E-state index in [2.05, 4.69) is 15.5 Å². The van der Waals surface area contributed by atoms with E-state index in [1.54, 1.807) is 24.3 Å². The minimum absolute atomic E-state index is 0.237. The third kappa shape index (κ3) is 4.61. The van der Waals surface area contributed by atoms with Crippen molar-refractivity contribution in [1.82, 2.24) is 5.32 Å². The van der Waals surface area contributed by atoms with Gasteiger partial charge in [0.05, 0.1) is 17.7 Å². The first-order valence-corrected chi connectivity index (χ1v) is 7.39. The predicted molar refractivity (Wildman–Crippen MR) is 86.2 cm³/mol. The van der Waals surface area contributed by atoms with Gasteiger partial charge in [-0.15, -0.1) is 11.3 Å². The Morgan fingerprint density at radius 2 is 2.05 bits per heavy atom. The number of amides is 1. The van der Waals surface area contributed by atoms with Crippen molar-refractivity contribution in [2.24, 2.45) is 0 Å². The summed E-state index contributed by atoms with van der Waals surface area (Å²) in [7, 11) is 1.45. The fourth-order valence-corrected chi connectivity index (χ4v) is 2.53. The van der Waals surface area contributed by atoms with Crippen molar-refractivity contribution in [2.75, 3.05) is 12.4 Å². The zero-order valence-electron chi connectivity index (χ0n) is 11.3. The SMILES string of the molecule is COOCc1sccc1NC(=S)NC(=O)c1ccccc1. The second-order valence-electron chi connectivity index (χ2n) is 3.96. The monoisotopic (exact) mass is 322 g/mol. The van der Waals surface area contributed by atoms with Gasteiger partial charge >= 0.3 is 0 Å². The normalized spacial score (nSPS) is 10.1. The first-order chi connectivity index (χ1) is 10.2. The van der Waals surface area contributed by atoms with Crippen molar-refractivity contribution in [1.29, 1.82) is 0 Å². The van der Waals surface area contributed by atoms with Crippen molar-refractivity contribution in [3.8, 4) is 0 Å². The van der Waals surface area contributed by atoms with E-state index in [0.717, 1.165) is 10.6 Å². The molecule has 0 spiro atoms. The van der Waals surface area contributed by atoms with Gasteiger partial charge in [-0.25, -0.2) is 9.78 Å². The number of hydrogen-bond acceptors (Lipinski definition) is 5. The zero-order chi connectivity index (χ0) is 15.1. The molecule has 5 nitrogen and oxygen atoms in total.